The number of hydrogen-bond donors (Lipinski definition) is 1. The summed E-state index contributed by atoms with van der Waals surface area (Å²) in [6.07, 6.45) is 0. The molecule has 2 amide bonds. The first-order chi connectivity index (χ1) is 9.74. The monoisotopic (exact) mass is 304 g/mol. The molecule has 1 aromatic heterocycles. The van der Waals surface area contributed by atoms with Crippen LogP contribution in [0.3, 0.4) is 0 Å². The third-order valence-corrected chi connectivity index (χ3v) is 5.52. The lowest BCUT2D eigenvalue weighted by molar-refractivity contribution is 0.215. The van der Waals surface area contributed by atoms with Crippen molar-refractivity contribution in [2.75, 3.05) is 17.6 Å². The van der Waals surface area contributed by atoms with Crippen LogP contribution in [0.4, 0.5) is 10.5 Å². The Morgan fingerprint density at radius 2 is 2.25 bits per heavy atom. The predicted molar refractivity (Wildman–Crippen MR) is 86.4 cm³/mol. The third-order valence-electron chi connectivity index (χ3n) is 3.21. The molecule has 1 aromatic carbocycles. The molecule has 0 aliphatic carbocycles. The summed E-state index contributed by atoms with van der Waals surface area (Å²) >= 11 is 3.53. The summed E-state index contributed by atoms with van der Waals surface area (Å²) in [5.41, 5.74) is 2.00. The van der Waals surface area contributed by atoms with E-state index in [-0.39, 0.29) is 11.4 Å². The Hall–Kier alpha value is -1.46. The highest BCUT2D eigenvalue weighted by atomic mass is 32.2. The average molecular weight is 304 g/mol. The zero-order chi connectivity index (χ0) is 13.9. The molecule has 1 aliphatic rings. The van der Waals surface area contributed by atoms with E-state index in [4.69, 9.17) is 0 Å². The van der Waals surface area contributed by atoms with Crippen molar-refractivity contribution in [1.29, 1.82) is 0 Å². The molecule has 0 radical (unpaired) electrons. The first-order valence-corrected chi connectivity index (χ1v) is 8.46. The van der Waals surface area contributed by atoms with Gasteiger partial charge < -0.3 is 10.2 Å². The normalized spacial score (nSPS) is 18.2. The summed E-state index contributed by atoms with van der Waals surface area (Å²) in [5.74, 6) is 0.990. The minimum atomic E-state index is -0.0148. The molecule has 2 heterocycles. The Morgan fingerprint density at radius 3 is 3.00 bits per heavy atom. The van der Waals surface area contributed by atoms with Crippen LogP contribution in [-0.2, 0) is 0 Å². The molecule has 0 saturated carbocycles. The van der Waals surface area contributed by atoms with Crippen LogP contribution >= 0.6 is 23.1 Å². The maximum atomic E-state index is 12.4. The molecule has 0 spiro atoms. The molecule has 2 aromatic rings. The Bertz CT molecular complexity index is 598. The van der Waals surface area contributed by atoms with E-state index in [2.05, 4.69) is 16.8 Å². The van der Waals surface area contributed by atoms with Gasteiger partial charge in [-0.15, -0.1) is 23.1 Å². The molecule has 1 fully saturated rings. The van der Waals surface area contributed by atoms with Crippen LogP contribution in [0.2, 0.25) is 0 Å². The van der Waals surface area contributed by atoms with Gasteiger partial charge in [-0.25, -0.2) is 4.79 Å². The first-order valence-electron chi connectivity index (χ1n) is 6.53. The van der Waals surface area contributed by atoms with Gasteiger partial charge in [0.1, 0.15) is 5.37 Å². The van der Waals surface area contributed by atoms with Gasteiger partial charge in [-0.1, -0.05) is 18.2 Å². The highest BCUT2D eigenvalue weighted by Crippen LogP contribution is 2.40. The van der Waals surface area contributed by atoms with E-state index in [1.807, 2.05) is 53.9 Å². The lowest BCUT2D eigenvalue weighted by Crippen LogP contribution is -2.34. The Morgan fingerprint density at radius 1 is 1.35 bits per heavy atom. The van der Waals surface area contributed by atoms with Gasteiger partial charge in [-0.05, 0) is 36.1 Å². The molecular formula is C15H16N2OS2. The van der Waals surface area contributed by atoms with E-state index >= 15 is 0 Å². The highest BCUT2D eigenvalue weighted by molar-refractivity contribution is 7.99. The van der Waals surface area contributed by atoms with E-state index in [9.17, 15) is 4.79 Å². The number of aryl methyl sites for hydroxylation is 1. The second-order valence-electron chi connectivity index (χ2n) is 4.73. The van der Waals surface area contributed by atoms with Gasteiger partial charge in [0.25, 0.3) is 0 Å². The maximum absolute atomic E-state index is 12.4. The van der Waals surface area contributed by atoms with Crippen LogP contribution < -0.4 is 5.32 Å². The summed E-state index contributed by atoms with van der Waals surface area (Å²) in [6, 6.07) is 12.0. The molecule has 1 aliphatic heterocycles. The van der Waals surface area contributed by atoms with Crippen LogP contribution in [-0.4, -0.2) is 23.2 Å². The topological polar surface area (TPSA) is 32.3 Å². The lowest BCUT2D eigenvalue weighted by atomic mass is 10.2. The molecule has 0 bridgehead atoms. The molecule has 0 unspecified atom stereocenters. The fourth-order valence-corrected chi connectivity index (χ4v) is 4.50. The Kier molecular flexibility index (Phi) is 3.98. The summed E-state index contributed by atoms with van der Waals surface area (Å²) < 4.78 is 0. The second kappa shape index (κ2) is 5.89. The SMILES string of the molecule is Cc1cccc(NC(=O)N2CCS[C@@H]2c2cccs2)c1. The van der Waals surface area contributed by atoms with Gasteiger partial charge in [0, 0.05) is 22.9 Å². The van der Waals surface area contributed by atoms with Crippen molar-refractivity contribution in [2.24, 2.45) is 0 Å². The van der Waals surface area contributed by atoms with E-state index in [0.717, 1.165) is 23.5 Å². The van der Waals surface area contributed by atoms with Gasteiger partial charge in [0.15, 0.2) is 0 Å². The van der Waals surface area contributed by atoms with Crippen molar-refractivity contribution in [3.8, 4) is 0 Å². The van der Waals surface area contributed by atoms with Crippen LogP contribution in [0, 0.1) is 6.92 Å². The van der Waals surface area contributed by atoms with Crippen molar-refractivity contribution in [2.45, 2.75) is 12.3 Å². The minimum Gasteiger partial charge on any atom is -0.308 e. The number of rotatable bonds is 2. The summed E-state index contributed by atoms with van der Waals surface area (Å²) in [6.45, 7) is 2.82. The van der Waals surface area contributed by atoms with Gasteiger partial charge in [0.05, 0.1) is 0 Å². The van der Waals surface area contributed by atoms with Crippen molar-refractivity contribution < 1.29 is 4.79 Å². The fraction of sp³-hybridized carbons (Fsp3) is 0.267. The number of thiophene rings is 1. The maximum Gasteiger partial charge on any atom is 0.323 e. The standard InChI is InChI=1S/C15H16N2OS2/c1-11-4-2-5-12(10-11)16-15(18)17-7-9-20-14(17)13-6-3-8-19-13/h2-6,8,10,14H,7,9H2,1H3,(H,16,18)/t14-/m1/s1. The van der Waals surface area contributed by atoms with Crippen LogP contribution in [0.15, 0.2) is 41.8 Å². The van der Waals surface area contributed by atoms with Crippen LogP contribution in [0.5, 0.6) is 0 Å². The Balaban J connectivity index is 1.73. The van der Waals surface area contributed by atoms with Crippen molar-refractivity contribution in [3.63, 3.8) is 0 Å². The average Bonchev–Trinajstić information content (AvgIpc) is 3.09. The zero-order valence-corrected chi connectivity index (χ0v) is 12.8. The van der Waals surface area contributed by atoms with E-state index in [0.29, 0.717) is 0 Å². The fourth-order valence-electron chi connectivity index (χ4n) is 2.26. The number of nitrogens with zero attached hydrogens (tertiary/aromatic N) is 1. The van der Waals surface area contributed by atoms with Gasteiger partial charge in [-0.2, -0.15) is 0 Å². The molecular weight excluding hydrogens is 288 g/mol. The number of thioether (sulfide) groups is 1. The summed E-state index contributed by atoms with van der Waals surface area (Å²) in [5, 5.41) is 5.21. The number of nitrogens with one attached hydrogen (secondary N) is 1. The Labute approximate surface area is 127 Å². The molecule has 104 valence electrons. The molecule has 1 atom stereocenters. The van der Waals surface area contributed by atoms with Crippen molar-refractivity contribution in [3.05, 3.63) is 52.2 Å². The smallest absolute Gasteiger partial charge is 0.308 e. The number of benzene rings is 1. The van der Waals surface area contributed by atoms with Crippen molar-refractivity contribution >= 4 is 34.8 Å². The minimum absolute atomic E-state index is 0.0148. The molecule has 3 nitrogen and oxygen atoms in total. The summed E-state index contributed by atoms with van der Waals surface area (Å²) in [4.78, 5) is 15.6. The number of amides is 2. The number of anilines is 1. The van der Waals surface area contributed by atoms with E-state index < -0.39 is 0 Å². The molecule has 5 heteroatoms. The molecule has 1 saturated heterocycles. The van der Waals surface area contributed by atoms with E-state index in [1.165, 1.54) is 4.88 Å². The van der Waals surface area contributed by atoms with Crippen molar-refractivity contribution in [1.82, 2.24) is 4.90 Å². The lowest BCUT2D eigenvalue weighted by Gasteiger charge is -2.23. The first kappa shape index (κ1) is 13.5. The zero-order valence-electron chi connectivity index (χ0n) is 11.2. The number of carbonyl (C=O) groups is 1. The molecule has 20 heavy (non-hydrogen) atoms. The second-order valence-corrected chi connectivity index (χ2v) is 6.90. The highest BCUT2D eigenvalue weighted by Gasteiger charge is 2.31. The van der Waals surface area contributed by atoms with E-state index in [1.54, 1.807) is 11.3 Å². The van der Waals surface area contributed by atoms with Gasteiger partial charge in [0.2, 0.25) is 0 Å². The number of hydrogen-bond acceptors (Lipinski definition) is 3. The summed E-state index contributed by atoms with van der Waals surface area (Å²) in [7, 11) is 0. The van der Waals surface area contributed by atoms with Gasteiger partial charge in [-0.3, -0.25) is 0 Å². The largest absolute Gasteiger partial charge is 0.323 e. The third kappa shape index (κ3) is 2.83. The molecule has 1 N–H and O–H groups in total. The number of urea groups is 1. The van der Waals surface area contributed by atoms with Crippen LogP contribution in [0.25, 0.3) is 0 Å². The van der Waals surface area contributed by atoms with Crippen LogP contribution in [0.1, 0.15) is 15.8 Å². The predicted octanol–water partition coefficient (Wildman–Crippen LogP) is 4.34. The number of carbonyl (C=O) groups excluding carboxylic acids is 1. The quantitative estimate of drug-likeness (QED) is 0.895. The molecule has 3 rings (SSSR count). The van der Waals surface area contributed by atoms with Gasteiger partial charge >= 0.3 is 6.03 Å².